The van der Waals surface area contributed by atoms with Crippen LogP contribution in [0.1, 0.15) is 108 Å². The lowest BCUT2D eigenvalue weighted by atomic mass is 9.87. The molecule has 192 valence electrons. The summed E-state index contributed by atoms with van der Waals surface area (Å²) in [7, 11) is 0. The predicted octanol–water partition coefficient (Wildman–Crippen LogP) is 8.53. The number of hydrogen-bond acceptors (Lipinski definition) is 3. The van der Waals surface area contributed by atoms with Crippen LogP contribution in [0.15, 0.2) is 61.4 Å². The number of pyridine rings is 1. The molecule has 1 aliphatic heterocycles. The number of allylic oxidation sites excluding steroid dienone is 5. The number of aromatic nitrogens is 1. The number of hydrogen-bond donors (Lipinski definition) is 0. The molecule has 1 saturated carbocycles. The van der Waals surface area contributed by atoms with E-state index in [0.29, 0.717) is 11.8 Å². The molecule has 35 heavy (non-hydrogen) atoms. The first kappa shape index (κ1) is 27.3. The number of anilines is 1. The molecule has 0 bridgehead atoms. The lowest BCUT2D eigenvalue weighted by Crippen LogP contribution is -2.45. The van der Waals surface area contributed by atoms with Crippen LogP contribution in [0.2, 0.25) is 0 Å². The summed E-state index contributed by atoms with van der Waals surface area (Å²) in [5.74, 6) is 1.21. The molecule has 1 aliphatic carbocycles. The number of rotatable bonds is 11. The largest absolute Gasteiger partial charge is 0.368 e. The van der Waals surface area contributed by atoms with E-state index < -0.39 is 0 Å². The smallest absolute Gasteiger partial charge is 0.0458 e. The second kappa shape index (κ2) is 15.0. The van der Waals surface area contributed by atoms with Crippen molar-refractivity contribution < 1.29 is 0 Å². The summed E-state index contributed by atoms with van der Waals surface area (Å²) in [6.07, 6.45) is 24.5. The highest BCUT2D eigenvalue weighted by molar-refractivity contribution is 5.50. The van der Waals surface area contributed by atoms with Gasteiger partial charge in [-0.3, -0.25) is 4.98 Å². The molecular formula is C32H49N3. The highest BCUT2D eigenvalue weighted by Crippen LogP contribution is 2.35. The fourth-order valence-corrected chi connectivity index (χ4v) is 5.70. The third kappa shape index (κ3) is 8.12. The van der Waals surface area contributed by atoms with E-state index in [2.05, 4.69) is 61.1 Å². The Morgan fingerprint density at radius 1 is 1.00 bits per heavy atom. The second-order valence-electron chi connectivity index (χ2n) is 10.4. The Kier molecular flexibility index (Phi) is 11.7. The van der Waals surface area contributed by atoms with Crippen molar-refractivity contribution >= 4 is 5.69 Å². The van der Waals surface area contributed by atoms with Crippen molar-refractivity contribution in [1.82, 2.24) is 9.88 Å². The van der Waals surface area contributed by atoms with Gasteiger partial charge in [0.25, 0.3) is 0 Å². The van der Waals surface area contributed by atoms with Gasteiger partial charge in [0, 0.05) is 60.8 Å². The summed E-state index contributed by atoms with van der Waals surface area (Å²) in [5, 5.41) is 0. The van der Waals surface area contributed by atoms with Gasteiger partial charge in [-0.25, -0.2) is 0 Å². The molecule has 3 heteroatoms. The zero-order chi connectivity index (χ0) is 24.9. The van der Waals surface area contributed by atoms with Crippen molar-refractivity contribution in [3.05, 3.63) is 72.8 Å². The molecule has 1 aromatic heterocycles. The van der Waals surface area contributed by atoms with Crippen molar-refractivity contribution in [1.29, 1.82) is 0 Å². The van der Waals surface area contributed by atoms with Gasteiger partial charge in [-0.2, -0.15) is 0 Å². The van der Waals surface area contributed by atoms with Crippen LogP contribution in [-0.2, 0) is 0 Å². The third-order valence-corrected chi connectivity index (χ3v) is 7.89. The predicted molar refractivity (Wildman–Crippen MR) is 153 cm³/mol. The standard InChI is InChI=1S/C32H49N3/c1-5-9-17-27(8-4)31-25-30(26-32(33-31)28-18-14-12-11-13-15-19-28)35-23-21-34(22-24-35)29(16-7-3)20-10-6-2/h6-7,10,16,20,25-28H,2-3,5,8-9,11-15,17-19,21-24H2,1,4H3/b20-10-,29-16+. The molecule has 0 amide bonds. The third-order valence-electron chi connectivity index (χ3n) is 7.89. The summed E-state index contributed by atoms with van der Waals surface area (Å²) in [5.41, 5.74) is 5.34. The van der Waals surface area contributed by atoms with Crippen LogP contribution in [0.3, 0.4) is 0 Å². The van der Waals surface area contributed by atoms with Gasteiger partial charge < -0.3 is 9.80 Å². The van der Waals surface area contributed by atoms with Crippen molar-refractivity contribution in [2.75, 3.05) is 31.1 Å². The molecule has 1 aromatic rings. The zero-order valence-corrected chi connectivity index (χ0v) is 22.6. The van der Waals surface area contributed by atoms with Crippen LogP contribution in [-0.4, -0.2) is 36.1 Å². The van der Waals surface area contributed by atoms with E-state index in [-0.39, 0.29) is 0 Å². The molecule has 1 saturated heterocycles. The first-order valence-electron chi connectivity index (χ1n) is 14.3. The first-order chi connectivity index (χ1) is 17.2. The maximum Gasteiger partial charge on any atom is 0.0458 e. The normalized spacial score (nSPS) is 19.4. The van der Waals surface area contributed by atoms with Gasteiger partial charge in [0.05, 0.1) is 0 Å². The van der Waals surface area contributed by atoms with Crippen LogP contribution < -0.4 is 4.90 Å². The molecular weight excluding hydrogens is 426 g/mol. The quantitative estimate of drug-likeness (QED) is 0.299. The Balaban J connectivity index is 1.84. The lowest BCUT2D eigenvalue weighted by molar-refractivity contribution is 0.330. The molecule has 0 aromatic carbocycles. The van der Waals surface area contributed by atoms with Crippen molar-refractivity contribution in [3.8, 4) is 0 Å². The number of unbranched alkanes of at least 4 members (excludes halogenated alkanes) is 1. The molecule has 0 spiro atoms. The number of nitrogens with zero attached hydrogens (tertiary/aromatic N) is 3. The number of piperazine rings is 1. The van der Waals surface area contributed by atoms with Crippen LogP contribution in [0.4, 0.5) is 5.69 Å². The summed E-state index contributed by atoms with van der Waals surface area (Å²) in [4.78, 5) is 10.4. The first-order valence-corrected chi connectivity index (χ1v) is 14.3. The fraction of sp³-hybridized carbons (Fsp3) is 0.594. The zero-order valence-electron chi connectivity index (χ0n) is 22.6. The molecule has 0 radical (unpaired) electrons. The summed E-state index contributed by atoms with van der Waals surface area (Å²) >= 11 is 0. The molecule has 2 aliphatic rings. The maximum absolute atomic E-state index is 5.37. The summed E-state index contributed by atoms with van der Waals surface area (Å²) in [6, 6.07) is 4.89. The maximum atomic E-state index is 5.37. The van der Waals surface area contributed by atoms with Gasteiger partial charge in [-0.1, -0.05) is 90.2 Å². The Labute approximate surface area is 215 Å². The van der Waals surface area contributed by atoms with Crippen molar-refractivity contribution in [2.45, 2.75) is 96.3 Å². The van der Waals surface area contributed by atoms with E-state index >= 15 is 0 Å². The lowest BCUT2D eigenvalue weighted by Gasteiger charge is -2.38. The monoisotopic (exact) mass is 475 g/mol. The van der Waals surface area contributed by atoms with Gasteiger partial charge >= 0.3 is 0 Å². The molecule has 3 nitrogen and oxygen atoms in total. The van der Waals surface area contributed by atoms with Gasteiger partial charge in [-0.15, -0.1) is 0 Å². The van der Waals surface area contributed by atoms with Crippen molar-refractivity contribution in [2.24, 2.45) is 0 Å². The Morgan fingerprint density at radius 2 is 1.71 bits per heavy atom. The topological polar surface area (TPSA) is 19.4 Å². The average Bonchev–Trinajstić information content (AvgIpc) is 2.87. The second-order valence-corrected chi connectivity index (χ2v) is 10.4. The highest BCUT2D eigenvalue weighted by atomic mass is 15.3. The van der Waals surface area contributed by atoms with Crippen LogP contribution >= 0.6 is 0 Å². The molecule has 1 unspecified atom stereocenters. The van der Waals surface area contributed by atoms with Gasteiger partial charge in [-0.05, 0) is 50.0 Å². The SMILES string of the molecule is C=C/C=C\C(=C/C=C)N1CCN(c2cc(C(CC)CCCC)nc(C3CCCCCCC3)c2)CC1. The minimum Gasteiger partial charge on any atom is -0.368 e. The van der Waals surface area contributed by atoms with E-state index in [4.69, 9.17) is 4.98 Å². The van der Waals surface area contributed by atoms with Gasteiger partial charge in [0.2, 0.25) is 0 Å². The minimum atomic E-state index is 0.578. The average molecular weight is 476 g/mol. The summed E-state index contributed by atoms with van der Waals surface area (Å²) < 4.78 is 0. The Morgan fingerprint density at radius 3 is 2.34 bits per heavy atom. The van der Waals surface area contributed by atoms with E-state index in [1.165, 1.54) is 93.4 Å². The van der Waals surface area contributed by atoms with Gasteiger partial charge in [0.1, 0.15) is 0 Å². The van der Waals surface area contributed by atoms with Crippen LogP contribution in [0.5, 0.6) is 0 Å². The molecule has 2 heterocycles. The summed E-state index contributed by atoms with van der Waals surface area (Å²) in [6.45, 7) is 16.5. The Bertz CT molecular complexity index is 836. The molecule has 0 N–H and O–H groups in total. The van der Waals surface area contributed by atoms with E-state index in [0.717, 1.165) is 26.2 Å². The fourth-order valence-electron chi connectivity index (χ4n) is 5.70. The van der Waals surface area contributed by atoms with E-state index in [9.17, 15) is 0 Å². The Hall–Kier alpha value is -2.29. The van der Waals surface area contributed by atoms with E-state index in [1.54, 1.807) is 0 Å². The van der Waals surface area contributed by atoms with Gasteiger partial charge in [0.15, 0.2) is 0 Å². The van der Waals surface area contributed by atoms with Crippen LogP contribution in [0.25, 0.3) is 0 Å². The van der Waals surface area contributed by atoms with Crippen LogP contribution in [0, 0.1) is 0 Å². The van der Waals surface area contributed by atoms with E-state index in [1.807, 2.05) is 18.2 Å². The minimum absolute atomic E-state index is 0.578. The molecule has 1 atom stereocenters. The van der Waals surface area contributed by atoms with Crippen molar-refractivity contribution in [3.63, 3.8) is 0 Å². The molecule has 3 rings (SSSR count). The molecule has 2 fully saturated rings. The highest BCUT2D eigenvalue weighted by Gasteiger charge is 2.23.